The lowest BCUT2D eigenvalue weighted by Gasteiger charge is -2.13. The molecule has 0 bridgehead atoms. The molecule has 0 saturated carbocycles. The monoisotopic (exact) mass is 472 g/mol. The Morgan fingerprint density at radius 2 is 1.94 bits per heavy atom. The number of benzene rings is 2. The lowest BCUT2D eigenvalue weighted by Crippen LogP contribution is -2.15. The number of nitrogens with one attached hydrogen (secondary N) is 2. The number of halogens is 1. The number of rotatable bonds is 5. The number of aromatic nitrogens is 2. The van der Waals surface area contributed by atoms with Crippen LogP contribution >= 0.6 is 11.6 Å². The molecule has 0 saturated heterocycles. The van der Waals surface area contributed by atoms with Gasteiger partial charge < -0.3 is 5.32 Å². The molecule has 8 nitrogen and oxygen atoms in total. The molecular formula is C22H21ClN4O4S. The van der Waals surface area contributed by atoms with Crippen molar-refractivity contribution in [3.63, 3.8) is 0 Å². The second kappa shape index (κ2) is 8.40. The van der Waals surface area contributed by atoms with Crippen LogP contribution in [0, 0.1) is 6.92 Å². The van der Waals surface area contributed by atoms with Crippen LogP contribution in [-0.2, 0) is 21.2 Å². The van der Waals surface area contributed by atoms with E-state index in [4.69, 9.17) is 11.6 Å². The van der Waals surface area contributed by atoms with Crippen molar-refractivity contribution in [2.75, 3.05) is 10.0 Å². The molecule has 0 fully saturated rings. The van der Waals surface area contributed by atoms with Gasteiger partial charge in [-0.2, -0.15) is 9.78 Å². The van der Waals surface area contributed by atoms with E-state index in [9.17, 15) is 18.0 Å². The second-order valence-corrected chi connectivity index (χ2v) is 9.56. The van der Waals surface area contributed by atoms with Crippen LogP contribution in [0.2, 0.25) is 5.02 Å². The largest absolute Gasteiger partial charge is 0.310 e. The van der Waals surface area contributed by atoms with Crippen LogP contribution in [0.15, 0.2) is 47.4 Å². The van der Waals surface area contributed by atoms with Crippen molar-refractivity contribution < 1.29 is 18.0 Å². The number of fused-ring (bicyclic) bond motifs is 1. The van der Waals surface area contributed by atoms with E-state index >= 15 is 0 Å². The first kappa shape index (κ1) is 22.0. The predicted octanol–water partition coefficient (Wildman–Crippen LogP) is 4.25. The minimum atomic E-state index is -3.93. The van der Waals surface area contributed by atoms with Gasteiger partial charge in [-0.05, 0) is 48.7 Å². The Kier molecular flexibility index (Phi) is 5.79. The summed E-state index contributed by atoms with van der Waals surface area (Å²) in [4.78, 5) is 24.7. The van der Waals surface area contributed by atoms with E-state index < -0.39 is 10.0 Å². The predicted molar refractivity (Wildman–Crippen MR) is 123 cm³/mol. The smallest absolute Gasteiger partial charge is 0.262 e. The van der Waals surface area contributed by atoms with E-state index in [0.717, 1.165) is 0 Å². The van der Waals surface area contributed by atoms with Crippen LogP contribution in [0.5, 0.6) is 0 Å². The third-order valence-electron chi connectivity index (χ3n) is 5.20. The molecular weight excluding hydrogens is 452 g/mol. The normalized spacial score (nSPS) is 14.0. The maximum atomic E-state index is 13.2. The molecule has 3 aromatic rings. The van der Waals surface area contributed by atoms with E-state index in [1.807, 2.05) is 6.92 Å². The first-order chi connectivity index (χ1) is 15.2. The summed E-state index contributed by atoms with van der Waals surface area (Å²) in [5.41, 5.74) is 2.55. The van der Waals surface area contributed by atoms with Gasteiger partial charge in [0.1, 0.15) is 5.82 Å². The molecule has 1 aliphatic heterocycles. The fraction of sp³-hybridized carbons (Fsp3) is 0.227. The molecule has 2 aromatic carbocycles. The van der Waals surface area contributed by atoms with Crippen molar-refractivity contribution >= 4 is 44.9 Å². The van der Waals surface area contributed by atoms with Crippen molar-refractivity contribution in [1.29, 1.82) is 0 Å². The number of sulfonamides is 1. The number of hydrogen-bond donors (Lipinski definition) is 2. The maximum absolute atomic E-state index is 13.2. The zero-order valence-electron chi connectivity index (χ0n) is 17.5. The average molecular weight is 473 g/mol. The molecule has 2 N–H and O–H groups in total. The van der Waals surface area contributed by atoms with Gasteiger partial charge in [0.15, 0.2) is 0 Å². The number of anilines is 2. The number of hydrogen-bond acceptors (Lipinski definition) is 5. The summed E-state index contributed by atoms with van der Waals surface area (Å²) in [5, 5.41) is 7.55. The molecule has 0 aliphatic carbocycles. The summed E-state index contributed by atoms with van der Waals surface area (Å²) in [7, 11) is -3.93. The number of nitrogens with zero attached hydrogens (tertiary/aromatic N) is 2. The molecule has 0 unspecified atom stereocenters. The molecule has 1 amide bonds. The lowest BCUT2D eigenvalue weighted by atomic mass is 10.0. The van der Waals surface area contributed by atoms with E-state index in [0.29, 0.717) is 39.5 Å². The van der Waals surface area contributed by atoms with Gasteiger partial charge in [0, 0.05) is 23.4 Å². The number of amides is 1. The van der Waals surface area contributed by atoms with Gasteiger partial charge in [0.25, 0.3) is 10.0 Å². The van der Waals surface area contributed by atoms with E-state index in [-0.39, 0.29) is 35.4 Å². The summed E-state index contributed by atoms with van der Waals surface area (Å²) < 4.78 is 30.1. The van der Waals surface area contributed by atoms with Gasteiger partial charge in [-0.3, -0.25) is 14.3 Å². The Bertz CT molecular complexity index is 1350. The van der Waals surface area contributed by atoms with Crippen LogP contribution in [0.3, 0.4) is 0 Å². The van der Waals surface area contributed by atoms with Crippen molar-refractivity contribution in [2.45, 2.75) is 38.0 Å². The van der Waals surface area contributed by atoms with Gasteiger partial charge in [-0.1, -0.05) is 36.7 Å². The summed E-state index contributed by atoms with van der Waals surface area (Å²) in [5.74, 6) is -0.310. The summed E-state index contributed by atoms with van der Waals surface area (Å²) in [6.45, 7) is 3.57. The van der Waals surface area contributed by atoms with Gasteiger partial charge in [-0.15, -0.1) is 0 Å². The van der Waals surface area contributed by atoms with Crippen molar-refractivity contribution in [2.24, 2.45) is 0 Å². The summed E-state index contributed by atoms with van der Waals surface area (Å²) in [6, 6.07) is 11.4. The molecule has 1 aromatic heterocycles. The van der Waals surface area contributed by atoms with Gasteiger partial charge in [-0.25, -0.2) is 8.42 Å². The van der Waals surface area contributed by atoms with Crippen LogP contribution in [0.4, 0.5) is 11.5 Å². The highest BCUT2D eigenvalue weighted by atomic mass is 35.5. The Labute approximate surface area is 190 Å². The SMILES string of the molecule is CCc1nn2c(c1-c1ccc(C)c(S(=O)(=O)Nc3cccc(Cl)c3)c1)NC(=O)CCC2=O. The zero-order valence-corrected chi connectivity index (χ0v) is 19.0. The van der Waals surface area contributed by atoms with Crippen molar-refractivity contribution in [1.82, 2.24) is 9.78 Å². The molecule has 2 heterocycles. The highest BCUT2D eigenvalue weighted by Gasteiger charge is 2.28. The molecule has 32 heavy (non-hydrogen) atoms. The van der Waals surface area contributed by atoms with E-state index in [1.165, 1.54) is 16.8 Å². The van der Waals surface area contributed by atoms with Crippen LogP contribution in [-0.4, -0.2) is 30.0 Å². The Morgan fingerprint density at radius 3 is 2.66 bits per heavy atom. The van der Waals surface area contributed by atoms with E-state index in [2.05, 4.69) is 15.1 Å². The lowest BCUT2D eigenvalue weighted by molar-refractivity contribution is -0.116. The Morgan fingerprint density at radius 1 is 1.16 bits per heavy atom. The fourth-order valence-electron chi connectivity index (χ4n) is 3.64. The molecule has 0 spiro atoms. The second-order valence-electron chi connectivity index (χ2n) is 7.47. The number of carbonyl (C=O) groups is 2. The topological polar surface area (TPSA) is 110 Å². The van der Waals surface area contributed by atoms with Crippen LogP contribution in [0.25, 0.3) is 11.1 Å². The third-order valence-corrected chi connectivity index (χ3v) is 6.95. The quantitative estimate of drug-likeness (QED) is 0.576. The summed E-state index contributed by atoms with van der Waals surface area (Å²) in [6.07, 6.45) is 0.621. The zero-order chi connectivity index (χ0) is 23.0. The molecule has 166 valence electrons. The Hall–Kier alpha value is -3.17. The van der Waals surface area contributed by atoms with Gasteiger partial charge in [0.05, 0.1) is 16.3 Å². The highest BCUT2D eigenvalue weighted by Crippen LogP contribution is 2.36. The molecule has 0 radical (unpaired) electrons. The van der Waals surface area contributed by atoms with Crippen molar-refractivity contribution in [3.8, 4) is 11.1 Å². The van der Waals surface area contributed by atoms with Crippen LogP contribution in [0.1, 0.15) is 35.8 Å². The van der Waals surface area contributed by atoms with Gasteiger partial charge >= 0.3 is 0 Å². The maximum Gasteiger partial charge on any atom is 0.262 e. The van der Waals surface area contributed by atoms with Crippen molar-refractivity contribution in [3.05, 3.63) is 58.7 Å². The minimum absolute atomic E-state index is 0.0557. The first-order valence-electron chi connectivity index (χ1n) is 10.0. The number of aryl methyl sites for hydroxylation is 2. The first-order valence-corrected chi connectivity index (χ1v) is 11.9. The summed E-state index contributed by atoms with van der Waals surface area (Å²) >= 11 is 5.98. The van der Waals surface area contributed by atoms with E-state index in [1.54, 1.807) is 37.3 Å². The number of carbonyl (C=O) groups excluding carboxylic acids is 2. The minimum Gasteiger partial charge on any atom is -0.310 e. The fourth-order valence-corrected chi connectivity index (χ4v) is 5.15. The molecule has 10 heteroatoms. The van der Waals surface area contributed by atoms with Gasteiger partial charge in [0.2, 0.25) is 11.8 Å². The standard InChI is InChI=1S/C22H21ClN4O4S/c1-3-17-21(22-24-19(28)9-10-20(29)27(22)25-17)14-8-7-13(2)18(11-14)32(30,31)26-16-6-4-5-15(23)12-16/h4-8,11-12,26H,3,9-10H2,1-2H3,(H,24,28). The Balaban J connectivity index is 1.83. The molecule has 4 rings (SSSR count). The highest BCUT2D eigenvalue weighted by molar-refractivity contribution is 7.92. The average Bonchev–Trinajstić information content (AvgIpc) is 3.03. The third kappa shape index (κ3) is 4.13. The molecule has 0 atom stereocenters. The van der Waals surface area contributed by atoms with Crippen LogP contribution < -0.4 is 10.0 Å². The molecule has 1 aliphatic rings.